The number of alkyl halides is 1. The number of halogens is 1. The van der Waals surface area contributed by atoms with Gasteiger partial charge in [0.25, 0.3) is 0 Å². The van der Waals surface area contributed by atoms with E-state index in [1.165, 1.54) is 6.26 Å². The lowest BCUT2D eigenvalue weighted by molar-refractivity contribution is -0.139. The van der Waals surface area contributed by atoms with Crippen LogP contribution in [0.2, 0.25) is 0 Å². The van der Waals surface area contributed by atoms with Gasteiger partial charge in [-0.1, -0.05) is 0 Å². The summed E-state index contributed by atoms with van der Waals surface area (Å²) in [7, 11) is 0. The van der Waals surface area contributed by atoms with Gasteiger partial charge in [0.05, 0.1) is 30.2 Å². The summed E-state index contributed by atoms with van der Waals surface area (Å²) < 4.78 is 15.6. The van der Waals surface area contributed by atoms with Crippen LogP contribution in [0.5, 0.6) is 0 Å². The Labute approximate surface area is 126 Å². The van der Waals surface area contributed by atoms with Gasteiger partial charge >= 0.3 is 5.97 Å². The molecular weight excluding hydrogens is 296 g/mol. The van der Waals surface area contributed by atoms with Crippen LogP contribution in [-0.2, 0) is 14.3 Å². The van der Waals surface area contributed by atoms with Gasteiger partial charge in [0.15, 0.2) is 0 Å². The number of ether oxygens (including phenoxy) is 2. The molecule has 1 aromatic heterocycles. The molecule has 1 aromatic rings. The van der Waals surface area contributed by atoms with Crippen LogP contribution in [0, 0.1) is 11.3 Å². The van der Waals surface area contributed by atoms with E-state index in [9.17, 15) is 10.1 Å². The minimum Gasteiger partial charge on any atom is -0.468 e. The maximum Gasteiger partial charge on any atom is 0.338 e. The van der Waals surface area contributed by atoms with Crippen LogP contribution in [0.25, 0.3) is 0 Å². The Balaban J connectivity index is 2.59. The highest BCUT2D eigenvalue weighted by Crippen LogP contribution is 2.40. The first-order chi connectivity index (χ1) is 10.1. The molecule has 6 nitrogen and oxygen atoms in total. The van der Waals surface area contributed by atoms with Gasteiger partial charge in [-0.2, -0.15) is 5.26 Å². The summed E-state index contributed by atoms with van der Waals surface area (Å²) >= 11 is 5.82. The molecule has 0 radical (unpaired) electrons. The molecule has 0 bridgehead atoms. The monoisotopic (exact) mass is 308 g/mol. The molecule has 0 aliphatic carbocycles. The topological polar surface area (TPSA) is 98.5 Å². The summed E-state index contributed by atoms with van der Waals surface area (Å²) in [4.78, 5) is 12.2. The van der Waals surface area contributed by atoms with Crippen LogP contribution in [0.15, 0.2) is 45.6 Å². The van der Waals surface area contributed by atoms with Crippen molar-refractivity contribution in [1.29, 1.82) is 5.26 Å². The first-order valence-corrected chi connectivity index (χ1v) is 6.74. The van der Waals surface area contributed by atoms with E-state index in [2.05, 4.69) is 0 Å². The van der Waals surface area contributed by atoms with E-state index >= 15 is 0 Å². The zero-order valence-electron chi connectivity index (χ0n) is 11.3. The van der Waals surface area contributed by atoms with E-state index in [1.807, 2.05) is 6.07 Å². The van der Waals surface area contributed by atoms with Crippen molar-refractivity contribution in [3.05, 3.63) is 46.9 Å². The summed E-state index contributed by atoms with van der Waals surface area (Å²) in [6.07, 6.45) is 1.44. The molecule has 2 heterocycles. The molecule has 0 aromatic carbocycles. The van der Waals surface area contributed by atoms with E-state index in [0.29, 0.717) is 5.76 Å². The fraction of sp³-hybridized carbons (Fsp3) is 0.286. The zero-order valence-corrected chi connectivity index (χ0v) is 12.0. The van der Waals surface area contributed by atoms with Crippen molar-refractivity contribution in [2.75, 3.05) is 12.5 Å². The zero-order chi connectivity index (χ0) is 15.4. The van der Waals surface area contributed by atoms with Gasteiger partial charge in [0.2, 0.25) is 5.88 Å². The standard InChI is InChI=1S/C14H13ClN2O4/c1-2-19-14(18)12-10(6-15)21-13(17)8(7-16)11(12)9-4-3-5-20-9/h3-5,11H,2,6,17H2,1H3/t11-/m1/s1. The molecular formula is C14H13ClN2O4. The Kier molecular flexibility index (Phi) is 4.55. The molecule has 2 N–H and O–H groups in total. The summed E-state index contributed by atoms with van der Waals surface area (Å²) in [5, 5.41) is 9.30. The van der Waals surface area contributed by atoms with Crippen molar-refractivity contribution in [3.8, 4) is 6.07 Å². The average Bonchev–Trinajstić information content (AvgIpc) is 2.99. The fourth-order valence-electron chi connectivity index (χ4n) is 2.09. The highest BCUT2D eigenvalue weighted by Gasteiger charge is 2.38. The van der Waals surface area contributed by atoms with Gasteiger partial charge in [-0.25, -0.2) is 4.79 Å². The van der Waals surface area contributed by atoms with Crippen LogP contribution < -0.4 is 5.73 Å². The fourth-order valence-corrected chi connectivity index (χ4v) is 2.29. The minimum atomic E-state index is -0.786. The molecule has 21 heavy (non-hydrogen) atoms. The number of nitriles is 1. The number of rotatable bonds is 4. The first-order valence-electron chi connectivity index (χ1n) is 6.21. The van der Waals surface area contributed by atoms with Gasteiger partial charge in [-0.15, -0.1) is 11.6 Å². The predicted octanol–water partition coefficient (Wildman–Crippen LogP) is 2.14. The van der Waals surface area contributed by atoms with Crippen molar-refractivity contribution in [1.82, 2.24) is 0 Å². The molecule has 0 saturated heterocycles. The first kappa shape index (κ1) is 15.0. The molecule has 0 fully saturated rings. The second kappa shape index (κ2) is 6.37. The molecule has 1 atom stereocenters. The summed E-state index contributed by atoms with van der Waals surface area (Å²) in [6, 6.07) is 5.24. The Hall–Kier alpha value is -2.39. The van der Waals surface area contributed by atoms with Gasteiger partial charge in [-0.05, 0) is 19.1 Å². The number of hydrogen-bond donors (Lipinski definition) is 1. The second-order valence-corrected chi connectivity index (χ2v) is 4.40. The summed E-state index contributed by atoms with van der Waals surface area (Å²) in [5.74, 6) is -1.02. The molecule has 1 aliphatic rings. The molecule has 0 unspecified atom stereocenters. The highest BCUT2D eigenvalue weighted by atomic mass is 35.5. The van der Waals surface area contributed by atoms with Crippen LogP contribution in [0.3, 0.4) is 0 Å². The van der Waals surface area contributed by atoms with Crippen molar-refractivity contribution in [3.63, 3.8) is 0 Å². The van der Waals surface area contributed by atoms with E-state index in [-0.39, 0.29) is 35.3 Å². The van der Waals surface area contributed by atoms with E-state index in [1.54, 1.807) is 19.1 Å². The number of furan rings is 1. The molecule has 110 valence electrons. The second-order valence-electron chi connectivity index (χ2n) is 4.13. The third-order valence-electron chi connectivity index (χ3n) is 2.94. The molecule has 0 saturated carbocycles. The lowest BCUT2D eigenvalue weighted by Gasteiger charge is -2.25. The van der Waals surface area contributed by atoms with Gasteiger partial charge in [0, 0.05) is 0 Å². The van der Waals surface area contributed by atoms with Crippen molar-refractivity contribution in [2.45, 2.75) is 12.8 Å². The van der Waals surface area contributed by atoms with E-state index < -0.39 is 11.9 Å². The largest absolute Gasteiger partial charge is 0.468 e. The Morgan fingerprint density at radius 3 is 2.90 bits per heavy atom. The molecule has 7 heteroatoms. The number of nitrogens with two attached hydrogens (primary N) is 1. The normalized spacial score (nSPS) is 18.2. The van der Waals surface area contributed by atoms with Crippen molar-refractivity contribution in [2.24, 2.45) is 5.73 Å². The van der Waals surface area contributed by atoms with Gasteiger partial charge < -0.3 is 19.6 Å². The van der Waals surface area contributed by atoms with E-state index in [0.717, 1.165) is 0 Å². The highest BCUT2D eigenvalue weighted by molar-refractivity contribution is 6.19. The van der Waals surface area contributed by atoms with Gasteiger partial charge in [-0.3, -0.25) is 0 Å². The molecule has 0 amide bonds. The Morgan fingerprint density at radius 2 is 2.38 bits per heavy atom. The maximum atomic E-state index is 12.2. The third kappa shape index (κ3) is 2.73. The van der Waals surface area contributed by atoms with Crippen LogP contribution >= 0.6 is 11.6 Å². The van der Waals surface area contributed by atoms with Crippen molar-refractivity contribution < 1.29 is 18.7 Å². The third-order valence-corrected chi connectivity index (χ3v) is 3.18. The molecule has 0 spiro atoms. The number of hydrogen-bond acceptors (Lipinski definition) is 6. The number of carbonyl (C=O) groups excluding carboxylic acids is 1. The minimum absolute atomic E-state index is 0.0786. The smallest absolute Gasteiger partial charge is 0.338 e. The van der Waals surface area contributed by atoms with Gasteiger partial charge in [0.1, 0.15) is 23.2 Å². The summed E-state index contributed by atoms with van der Waals surface area (Å²) in [6.45, 7) is 1.86. The molecule has 1 aliphatic heterocycles. The van der Waals surface area contributed by atoms with Crippen molar-refractivity contribution >= 4 is 17.6 Å². The lowest BCUT2D eigenvalue weighted by Crippen LogP contribution is -2.26. The number of carbonyl (C=O) groups is 1. The number of allylic oxidation sites excluding steroid dienone is 2. The number of nitrogens with zero attached hydrogens (tertiary/aromatic N) is 1. The van der Waals surface area contributed by atoms with E-state index in [4.69, 9.17) is 31.2 Å². The van der Waals surface area contributed by atoms with Crippen LogP contribution in [-0.4, -0.2) is 18.5 Å². The Bertz CT molecular complexity index is 640. The van der Waals surface area contributed by atoms with Crippen LogP contribution in [0.1, 0.15) is 18.6 Å². The average molecular weight is 309 g/mol. The quantitative estimate of drug-likeness (QED) is 0.676. The maximum absolute atomic E-state index is 12.2. The molecule has 2 rings (SSSR count). The lowest BCUT2D eigenvalue weighted by atomic mass is 9.87. The predicted molar refractivity (Wildman–Crippen MR) is 73.7 cm³/mol. The SMILES string of the molecule is CCOC(=O)C1=C(CCl)OC(N)=C(C#N)[C@@H]1c1ccco1. The Morgan fingerprint density at radius 1 is 1.62 bits per heavy atom. The van der Waals surface area contributed by atoms with Crippen LogP contribution in [0.4, 0.5) is 0 Å². The number of esters is 1. The summed E-state index contributed by atoms with van der Waals surface area (Å²) in [5.41, 5.74) is 5.95.